The maximum Gasteiger partial charge on any atom is 0.262 e. The third-order valence-electron chi connectivity index (χ3n) is 6.90. The number of hydrogen-bond donors (Lipinski definition) is 1. The van der Waals surface area contributed by atoms with E-state index < -0.39 is 0 Å². The van der Waals surface area contributed by atoms with Crippen molar-refractivity contribution in [3.05, 3.63) is 89.7 Å². The zero-order chi connectivity index (χ0) is 25.6. The van der Waals surface area contributed by atoms with Crippen molar-refractivity contribution in [2.45, 2.75) is 33.5 Å². The molecule has 1 aliphatic heterocycles. The van der Waals surface area contributed by atoms with Crippen molar-refractivity contribution in [3.8, 4) is 5.75 Å². The van der Waals surface area contributed by atoms with Crippen LogP contribution in [0.5, 0.6) is 5.75 Å². The summed E-state index contributed by atoms with van der Waals surface area (Å²) in [6.45, 7) is 11.0. The van der Waals surface area contributed by atoms with Gasteiger partial charge in [-0.05, 0) is 49.7 Å². The Hall–Kier alpha value is -3.68. The molecule has 0 radical (unpaired) electrons. The number of hydrogen-bond acceptors (Lipinski definition) is 5. The van der Waals surface area contributed by atoms with Crippen LogP contribution in [-0.2, 0) is 24.4 Å². The van der Waals surface area contributed by atoms with Crippen LogP contribution in [-0.4, -0.2) is 58.0 Å². The van der Waals surface area contributed by atoms with E-state index in [0.717, 1.165) is 73.9 Å². The topological polar surface area (TPSA) is 62.6 Å². The van der Waals surface area contributed by atoms with E-state index in [1.165, 1.54) is 5.56 Å². The minimum atomic E-state index is -0.191. The number of nitrogens with one attached hydrogen (secondary N) is 1. The van der Waals surface area contributed by atoms with Crippen LogP contribution in [0.3, 0.4) is 0 Å². The molecule has 3 aromatic carbocycles. The normalized spacial score (nSPS) is 14.6. The summed E-state index contributed by atoms with van der Waals surface area (Å²) in [6, 6.07) is 24.3. The monoisotopic (exact) mass is 497 g/mol. The van der Waals surface area contributed by atoms with Gasteiger partial charge < -0.3 is 14.6 Å². The highest BCUT2D eigenvalue weighted by Gasteiger charge is 2.20. The molecular weight excluding hydrogens is 462 g/mol. The summed E-state index contributed by atoms with van der Waals surface area (Å²) >= 11 is 0. The molecule has 1 aliphatic rings. The largest absolute Gasteiger partial charge is 0.484 e. The van der Waals surface area contributed by atoms with Gasteiger partial charge in [-0.1, -0.05) is 48.0 Å². The Labute approximate surface area is 218 Å². The van der Waals surface area contributed by atoms with E-state index >= 15 is 0 Å². The van der Waals surface area contributed by atoms with Crippen LogP contribution in [0.1, 0.15) is 23.9 Å². The molecule has 1 N–H and O–H groups in total. The van der Waals surface area contributed by atoms with Crippen molar-refractivity contribution >= 4 is 22.6 Å². The highest BCUT2D eigenvalue weighted by molar-refractivity contribution is 5.94. The lowest BCUT2D eigenvalue weighted by atomic mass is 10.2. The standard InChI is InChI=1S/C30H35N5O2/c1-3-35-28-14-11-25(31-30(36)22-37-26-12-9-23(2)10-13-26)19-27(28)32-29(35)21-34-17-15-33(16-18-34)20-24-7-5-4-6-8-24/h4-14,19H,3,15-18,20-22H2,1-2H3,(H,31,36). The molecule has 1 amide bonds. The van der Waals surface area contributed by atoms with Crippen LogP contribution in [0.25, 0.3) is 11.0 Å². The number of aromatic nitrogens is 2. The minimum Gasteiger partial charge on any atom is -0.484 e. The van der Waals surface area contributed by atoms with Crippen LogP contribution in [0.15, 0.2) is 72.8 Å². The fraction of sp³-hybridized carbons (Fsp3) is 0.333. The second kappa shape index (κ2) is 11.6. The van der Waals surface area contributed by atoms with Gasteiger partial charge in [-0.2, -0.15) is 0 Å². The SMILES string of the molecule is CCn1c(CN2CCN(Cc3ccccc3)CC2)nc2cc(NC(=O)COc3ccc(C)cc3)ccc21. The number of imidazole rings is 1. The summed E-state index contributed by atoms with van der Waals surface area (Å²) < 4.78 is 7.88. The Bertz CT molecular complexity index is 1330. The van der Waals surface area contributed by atoms with Crippen LogP contribution in [0.2, 0.25) is 0 Å². The van der Waals surface area contributed by atoms with E-state index in [1.54, 1.807) is 0 Å². The average molecular weight is 498 g/mol. The Kier molecular flexibility index (Phi) is 7.82. The highest BCUT2D eigenvalue weighted by atomic mass is 16.5. The molecule has 0 saturated carbocycles. The number of carbonyl (C=O) groups is 1. The summed E-state index contributed by atoms with van der Waals surface area (Å²) in [7, 11) is 0. The van der Waals surface area contributed by atoms with E-state index in [1.807, 2.05) is 49.4 Å². The fourth-order valence-corrected chi connectivity index (χ4v) is 4.86. The molecule has 1 fully saturated rings. The van der Waals surface area contributed by atoms with E-state index in [0.29, 0.717) is 5.75 Å². The summed E-state index contributed by atoms with van der Waals surface area (Å²) in [4.78, 5) is 22.4. The van der Waals surface area contributed by atoms with Gasteiger partial charge in [0, 0.05) is 45.0 Å². The maximum absolute atomic E-state index is 12.4. The van der Waals surface area contributed by atoms with Gasteiger partial charge in [0.05, 0.1) is 17.6 Å². The molecule has 5 rings (SSSR count). The molecule has 0 bridgehead atoms. The van der Waals surface area contributed by atoms with Crippen molar-refractivity contribution < 1.29 is 9.53 Å². The molecular formula is C30H35N5O2. The third-order valence-corrected chi connectivity index (χ3v) is 6.90. The maximum atomic E-state index is 12.4. The van der Waals surface area contributed by atoms with Gasteiger partial charge in [0.15, 0.2) is 6.61 Å². The zero-order valence-electron chi connectivity index (χ0n) is 21.7. The number of amides is 1. The van der Waals surface area contributed by atoms with Gasteiger partial charge in [-0.15, -0.1) is 0 Å². The van der Waals surface area contributed by atoms with Crippen LogP contribution >= 0.6 is 0 Å². The first-order valence-corrected chi connectivity index (χ1v) is 13.0. The van der Waals surface area contributed by atoms with E-state index in [4.69, 9.17) is 9.72 Å². The Morgan fingerprint density at radius 3 is 2.32 bits per heavy atom. The average Bonchev–Trinajstić information content (AvgIpc) is 3.26. The van der Waals surface area contributed by atoms with Gasteiger partial charge in [0.25, 0.3) is 5.91 Å². The van der Waals surface area contributed by atoms with Crippen molar-refractivity contribution in [2.75, 3.05) is 38.1 Å². The zero-order valence-corrected chi connectivity index (χ0v) is 21.7. The molecule has 7 heteroatoms. The Morgan fingerprint density at radius 1 is 0.919 bits per heavy atom. The molecule has 4 aromatic rings. The molecule has 1 saturated heterocycles. The Balaban J connectivity index is 1.18. The molecule has 0 unspecified atom stereocenters. The molecule has 2 heterocycles. The van der Waals surface area contributed by atoms with E-state index in [-0.39, 0.29) is 12.5 Å². The lowest BCUT2D eigenvalue weighted by Gasteiger charge is -2.34. The van der Waals surface area contributed by atoms with Crippen molar-refractivity contribution in [3.63, 3.8) is 0 Å². The van der Waals surface area contributed by atoms with Crippen LogP contribution < -0.4 is 10.1 Å². The van der Waals surface area contributed by atoms with Crippen LogP contribution in [0, 0.1) is 6.92 Å². The first-order valence-electron chi connectivity index (χ1n) is 13.0. The highest BCUT2D eigenvalue weighted by Crippen LogP contribution is 2.22. The lowest BCUT2D eigenvalue weighted by molar-refractivity contribution is -0.118. The van der Waals surface area contributed by atoms with Gasteiger partial charge >= 0.3 is 0 Å². The number of fused-ring (bicyclic) bond motifs is 1. The second-order valence-corrected chi connectivity index (χ2v) is 9.66. The molecule has 37 heavy (non-hydrogen) atoms. The molecule has 1 aromatic heterocycles. The number of benzene rings is 3. The number of piperazine rings is 1. The number of ether oxygens (including phenoxy) is 1. The second-order valence-electron chi connectivity index (χ2n) is 9.66. The van der Waals surface area contributed by atoms with Crippen molar-refractivity contribution in [2.24, 2.45) is 0 Å². The van der Waals surface area contributed by atoms with Gasteiger partial charge in [0.2, 0.25) is 0 Å². The van der Waals surface area contributed by atoms with Crippen LogP contribution in [0.4, 0.5) is 5.69 Å². The fourth-order valence-electron chi connectivity index (χ4n) is 4.86. The van der Waals surface area contributed by atoms with E-state index in [2.05, 4.69) is 56.9 Å². The van der Waals surface area contributed by atoms with Gasteiger partial charge in [-0.25, -0.2) is 4.98 Å². The van der Waals surface area contributed by atoms with Crippen molar-refractivity contribution in [1.82, 2.24) is 19.4 Å². The third kappa shape index (κ3) is 6.37. The summed E-state index contributed by atoms with van der Waals surface area (Å²) in [5, 5.41) is 2.94. The number of aryl methyl sites for hydroxylation is 2. The number of anilines is 1. The van der Waals surface area contributed by atoms with Crippen molar-refractivity contribution in [1.29, 1.82) is 0 Å². The van der Waals surface area contributed by atoms with Gasteiger partial charge in [0.1, 0.15) is 11.6 Å². The molecule has 0 aliphatic carbocycles. The lowest BCUT2D eigenvalue weighted by Crippen LogP contribution is -2.45. The molecule has 7 nitrogen and oxygen atoms in total. The number of rotatable bonds is 9. The summed E-state index contributed by atoms with van der Waals surface area (Å²) in [5.74, 6) is 1.56. The van der Waals surface area contributed by atoms with Gasteiger partial charge in [-0.3, -0.25) is 14.6 Å². The summed E-state index contributed by atoms with van der Waals surface area (Å²) in [5.41, 5.74) is 5.24. The first kappa shape index (κ1) is 25.0. The first-order chi connectivity index (χ1) is 18.1. The van der Waals surface area contributed by atoms with E-state index in [9.17, 15) is 4.79 Å². The molecule has 192 valence electrons. The summed E-state index contributed by atoms with van der Waals surface area (Å²) in [6.07, 6.45) is 0. The quantitative estimate of drug-likeness (QED) is 0.363. The Morgan fingerprint density at radius 2 is 1.62 bits per heavy atom. The molecule has 0 spiro atoms. The number of nitrogens with zero attached hydrogens (tertiary/aromatic N) is 4. The smallest absolute Gasteiger partial charge is 0.262 e. The predicted octanol–water partition coefficient (Wildman–Crippen LogP) is 4.70. The predicted molar refractivity (Wildman–Crippen MR) is 148 cm³/mol. The number of carbonyl (C=O) groups excluding carboxylic acids is 1. The minimum absolute atomic E-state index is 0.0357. The molecule has 0 atom stereocenters.